The van der Waals surface area contributed by atoms with Crippen LogP contribution in [0.3, 0.4) is 0 Å². The van der Waals surface area contributed by atoms with Gasteiger partial charge in [-0.1, -0.05) is 6.07 Å². The number of rotatable bonds is 9. The highest BCUT2D eigenvalue weighted by atomic mass is 32.2. The summed E-state index contributed by atoms with van der Waals surface area (Å²) in [6, 6.07) is 14.8. The van der Waals surface area contributed by atoms with Crippen LogP contribution < -0.4 is 10.9 Å². The molecule has 0 bridgehead atoms. The lowest BCUT2D eigenvalue weighted by molar-refractivity contribution is 0.387. The molecule has 10 nitrogen and oxygen atoms in total. The van der Waals surface area contributed by atoms with E-state index in [4.69, 9.17) is 4.98 Å². The monoisotopic (exact) mass is 545 g/mol. The molecule has 1 aliphatic rings. The molecule has 0 atom stereocenters. The van der Waals surface area contributed by atoms with E-state index in [2.05, 4.69) is 58.3 Å². The van der Waals surface area contributed by atoms with Gasteiger partial charge in [-0.05, 0) is 75.3 Å². The summed E-state index contributed by atoms with van der Waals surface area (Å²) in [5.74, 6) is 0.775. The molecule has 202 valence electrons. The predicted molar refractivity (Wildman–Crippen MR) is 153 cm³/mol. The smallest absolute Gasteiger partial charge is 0.278 e. The summed E-state index contributed by atoms with van der Waals surface area (Å²) in [7, 11) is 0.698. The van der Waals surface area contributed by atoms with Gasteiger partial charge in [-0.25, -0.2) is 22.8 Å². The summed E-state index contributed by atoms with van der Waals surface area (Å²) in [6.45, 7) is 2.40. The van der Waals surface area contributed by atoms with Crippen LogP contribution in [-0.4, -0.2) is 64.1 Å². The van der Waals surface area contributed by atoms with Crippen molar-refractivity contribution in [3.8, 4) is 5.69 Å². The molecule has 0 amide bonds. The summed E-state index contributed by atoms with van der Waals surface area (Å²) in [4.78, 5) is 24.9. The largest absolute Gasteiger partial charge is 0.346 e. The first-order chi connectivity index (χ1) is 18.7. The quantitative estimate of drug-likeness (QED) is 0.301. The van der Waals surface area contributed by atoms with Crippen molar-refractivity contribution in [1.29, 1.82) is 0 Å². The Morgan fingerprint density at radius 1 is 1.10 bits per heavy atom. The molecule has 0 aliphatic heterocycles. The Bertz CT molecular complexity index is 1860. The van der Waals surface area contributed by atoms with Crippen molar-refractivity contribution in [2.24, 2.45) is 5.92 Å². The molecule has 0 radical (unpaired) electrons. The second kappa shape index (κ2) is 9.65. The van der Waals surface area contributed by atoms with Crippen LogP contribution in [0.4, 0.5) is 11.6 Å². The van der Waals surface area contributed by atoms with Gasteiger partial charge in [0.15, 0.2) is 15.5 Å². The lowest BCUT2D eigenvalue weighted by Gasteiger charge is -2.13. The van der Waals surface area contributed by atoms with E-state index < -0.39 is 9.84 Å². The molecule has 0 spiro atoms. The molecule has 1 N–H and O–H groups in total. The van der Waals surface area contributed by atoms with Crippen LogP contribution >= 0.6 is 0 Å². The fraction of sp³-hybridized carbons (Fsp3) is 0.321. The van der Waals surface area contributed by atoms with Gasteiger partial charge in [0.05, 0.1) is 10.6 Å². The first-order valence-electron chi connectivity index (χ1n) is 13.0. The maximum absolute atomic E-state index is 13.4. The molecule has 6 rings (SSSR count). The zero-order valence-electron chi connectivity index (χ0n) is 22.2. The van der Waals surface area contributed by atoms with Gasteiger partial charge in [-0.3, -0.25) is 4.79 Å². The molecule has 3 aromatic heterocycles. The number of benzene rings is 2. The summed E-state index contributed by atoms with van der Waals surface area (Å²) >= 11 is 0. The van der Waals surface area contributed by atoms with Crippen molar-refractivity contribution >= 4 is 43.4 Å². The maximum Gasteiger partial charge on any atom is 0.278 e. The van der Waals surface area contributed by atoms with Gasteiger partial charge in [0.2, 0.25) is 5.95 Å². The van der Waals surface area contributed by atoms with Crippen molar-refractivity contribution < 1.29 is 8.42 Å². The average Bonchev–Trinajstić information content (AvgIpc) is 3.57. The normalized spacial score (nSPS) is 14.1. The molecule has 1 saturated carbocycles. The summed E-state index contributed by atoms with van der Waals surface area (Å²) < 4.78 is 30.1. The van der Waals surface area contributed by atoms with Gasteiger partial charge in [-0.2, -0.15) is 4.98 Å². The Morgan fingerprint density at radius 3 is 2.67 bits per heavy atom. The van der Waals surface area contributed by atoms with Crippen LogP contribution in [0.1, 0.15) is 12.8 Å². The van der Waals surface area contributed by atoms with Gasteiger partial charge in [0.25, 0.3) is 5.56 Å². The highest BCUT2D eigenvalue weighted by Gasteiger charge is 2.26. The van der Waals surface area contributed by atoms with Crippen molar-refractivity contribution in [2.75, 3.05) is 32.2 Å². The fourth-order valence-corrected chi connectivity index (χ4v) is 5.48. The number of aromatic nitrogens is 5. The van der Waals surface area contributed by atoms with E-state index in [0.717, 1.165) is 42.5 Å². The first-order valence-corrected chi connectivity index (χ1v) is 14.9. The molecule has 39 heavy (non-hydrogen) atoms. The Kier molecular flexibility index (Phi) is 6.27. The van der Waals surface area contributed by atoms with E-state index in [-0.39, 0.29) is 10.5 Å². The number of fused-ring (bicyclic) bond motifs is 2. The van der Waals surface area contributed by atoms with E-state index in [9.17, 15) is 13.2 Å². The van der Waals surface area contributed by atoms with E-state index in [0.29, 0.717) is 35.1 Å². The van der Waals surface area contributed by atoms with Crippen LogP contribution in [0, 0.1) is 5.92 Å². The highest BCUT2D eigenvalue weighted by molar-refractivity contribution is 7.90. The summed E-state index contributed by atoms with van der Waals surface area (Å²) in [5.41, 5.74) is 2.79. The Morgan fingerprint density at radius 2 is 1.92 bits per heavy atom. The molecule has 0 unspecified atom stereocenters. The van der Waals surface area contributed by atoms with E-state index in [1.807, 2.05) is 6.07 Å². The molecule has 5 aromatic rings. The SMILES string of the molecule is CN(C)CCn1ccc2cc(Nc3ncc4c(=O)n(CC5CC5)n(-c5cccc(S(C)(=O)=O)c5)c4n3)ccc21. The minimum atomic E-state index is -3.43. The number of nitrogens with one attached hydrogen (secondary N) is 1. The Hall–Kier alpha value is -3.96. The molecule has 1 aliphatic carbocycles. The lowest BCUT2D eigenvalue weighted by atomic mass is 10.2. The number of nitrogens with zero attached hydrogens (tertiary/aromatic N) is 6. The van der Waals surface area contributed by atoms with Gasteiger partial charge >= 0.3 is 0 Å². The minimum Gasteiger partial charge on any atom is -0.346 e. The zero-order valence-corrected chi connectivity index (χ0v) is 23.0. The van der Waals surface area contributed by atoms with Crippen LogP contribution in [0.2, 0.25) is 0 Å². The molecule has 0 saturated heterocycles. The first kappa shape index (κ1) is 25.3. The van der Waals surface area contributed by atoms with Gasteiger partial charge in [0, 0.05) is 54.9 Å². The topological polar surface area (TPSA) is 107 Å². The summed E-state index contributed by atoms with van der Waals surface area (Å²) in [5, 5.41) is 4.77. The number of hydrogen-bond donors (Lipinski definition) is 1. The minimum absolute atomic E-state index is 0.186. The molecular weight excluding hydrogens is 514 g/mol. The van der Waals surface area contributed by atoms with Gasteiger partial charge in [-0.15, -0.1) is 0 Å². The van der Waals surface area contributed by atoms with Gasteiger partial charge in [0.1, 0.15) is 5.39 Å². The molecule has 11 heteroatoms. The third kappa shape index (κ3) is 5.07. The Labute approximate surface area is 226 Å². The molecule has 2 aromatic carbocycles. The second-order valence-corrected chi connectivity index (χ2v) is 12.6. The van der Waals surface area contributed by atoms with Crippen molar-refractivity contribution in [3.63, 3.8) is 0 Å². The fourth-order valence-electron chi connectivity index (χ4n) is 4.82. The van der Waals surface area contributed by atoms with Crippen molar-refractivity contribution in [2.45, 2.75) is 30.8 Å². The van der Waals surface area contributed by atoms with E-state index >= 15 is 0 Å². The highest BCUT2D eigenvalue weighted by Crippen LogP contribution is 2.31. The van der Waals surface area contributed by atoms with Crippen LogP contribution in [0.15, 0.2) is 70.6 Å². The predicted octanol–water partition coefficient (Wildman–Crippen LogP) is 3.66. The molecular formula is C28H31N7O3S. The Balaban J connectivity index is 1.40. The number of anilines is 2. The zero-order chi connectivity index (χ0) is 27.3. The van der Waals surface area contributed by atoms with Crippen LogP contribution in [-0.2, 0) is 22.9 Å². The molecule has 1 fully saturated rings. The third-order valence-electron chi connectivity index (χ3n) is 7.11. The number of likely N-dealkylation sites (N-methyl/N-ethyl adjacent to an activating group) is 1. The molecule has 3 heterocycles. The van der Waals surface area contributed by atoms with Crippen LogP contribution in [0.5, 0.6) is 0 Å². The van der Waals surface area contributed by atoms with E-state index in [1.54, 1.807) is 39.8 Å². The standard InChI is InChI=1S/C28H31N7O3S/c1-32(2)13-14-33-12-11-20-15-21(9-10-25(20)33)30-28-29-17-24-26(31-28)35(34(27(24)36)18-19-7-8-19)22-5-4-6-23(16-22)39(3,37)38/h4-6,9-12,15-17,19H,7-8,13-14,18H2,1-3H3,(H,29,30,31). The van der Waals surface area contributed by atoms with Crippen LogP contribution in [0.25, 0.3) is 27.6 Å². The van der Waals surface area contributed by atoms with Gasteiger partial charge < -0.3 is 14.8 Å². The van der Waals surface area contributed by atoms with Crippen molar-refractivity contribution in [1.82, 2.24) is 28.8 Å². The number of sulfone groups is 1. The lowest BCUT2D eigenvalue weighted by Crippen LogP contribution is -2.23. The second-order valence-electron chi connectivity index (χ2n) is 10.6. The number of hydrogen-bond acceptors (Lipinski definition) is 7. The average molecular weight is 546 g/mol. The van der Waals surface area contributed by atoms with Crippen molar-refractivity contribution in [3.05, 3.63) is 71.3 Å². The third-order valence-corrected chi connectivity index (χ3v) is 8.22. The maximum atomic E-state index is 13.4. The summed E-state index contributed by atoms with van der Waals surface area (Å²) in [6.07, 6.45) is 6.94. The van der Waals surface area contributed by atoms with E-state index in [1.165, 1.54) is 6.26 Å².